The molecule has 3 rings (SSSR count). The fraction of sp³-hybridized carbons (Fsp3) is 0.316. The van der Waals surface area contributed by atoms with Gasteiger partial charge >= 0.3 is 5.97 Å². The van der Waals surface area contributed by atoms with Gasteiger partial charge in [0, 0.05) is 6.20 Å². The van der Waals surface area contributed by atoms with Crippen molar-refractivity contribution in [2.45, 2.75) is 38.3 Å². The number of hydrogen-bond acceptors (Lipinski definition) is 4. The molecule has 7 heteroatoms. The molecule has 136 valence electrons. The molecule has 0 saturated heterocycles. The van der Waals surface area contributed by atoms with Crippen LogP contribution in [0.25, 0.3) is 11.0 Å². The molecule has 0 aliphatic rings. The Bertz CT molecular complexity index is 912. The number of rotatable bonds is 6. The van der Waals surface area contributed by atoms with Gasteiger partial charge in [0.2, 0.25) is 0 Å². The summed E-state index contributed by atoms with van der Waals surface area (Å²) in [4.78, 5) is 16.6. The van der Waals surface area contributed by atoms with Crippen molar-refractivity contribution in [3.05, 3.63) is 58.9 Å². The number of carbonyl (C=O) groups excluding carboxylic acids is 1. The highest BCUT2D eigenvalue weighted by Crippen LogP contribution is 2.29. The van der Waals surface area contributed by atoms with Crippen LogP contribution in [0.15, 0.2) is 42.7 Å². The SMILES string of the molecule is CCC(C)OC(=O)c1cnc2c(cnn2CC(Cl)c2ccccc2)c1Cl. The van der Waals surface area contributed by atoms with E-state index in [0.717, 1.165) is 12.0 Å². The van der Waals surface area contributed by atoms with Crippen LogP contribution < -0.4 is 0 Å². The second kappa shape index (κ2) is 8.06. The number of halogens is 2. The summed E-state index contributed by atoms with van der Waals surface area (Å²) in [5, 5.41) is 4.97. The fourth-order valence-electron chi connectivity index (χ4n) is 2.52. The van der Waals surface area contributed by atoms with Gasteiger partial charge in [0.25, 0.3) is 0 Å². The molecule has 0 spiro atoms. The van der Waals surface area contributed by atoms with Gasteiger partial charge in [-0.3, -0.25) is 0 Å². The van der Waals surface area contributed by atoms with Crippen molar-refractivity contribution >= 4 is 40.2 Å². The second-order valence-corrected chi connectivity index (χ2v) is 6.96. The Hall–Kier alpha value is -2.11. The lowest BCUT2D eigenvalue weighted by atomic mass is 10.1. The monoisotopic (exact) mass is 391 g/mol. The minimum atomic E-state index is -0.481. The number of ether oxygens (including phenoxy) is 1. The van der Waals surface area contributed by atoms with E-state index in [1.807, 2.05) is 44.2 Å². The molecule has 0 fully saturated rings. The lowest BCUT2D eigenvalue weighted by Crippen LogP contribution is -2.15. The average molecular weight is 392 g/mol. The van der Waals surface area contributed by atoms with Gasteiger partial charge in [-0.05, 0) is 18.9 Å². The molecule has 0 N–H and O–H groups in total. The zero-order chi connectivity index (χ0) is 18.7. The summed E-state index contributed by atoms with van der Waals surface area (Å²) in [7, 11) is 0. The molecule has 5 nitrogen and oxygen atoms in total. The lowest BCUT2D eigenvalue weighted by molar-refractivity contribution is 0.0334. The minimum Gasteiger partial charge on any atom is -0.459 e. The number of benzene rings is 1. The summed E-state index contributed by atoms with van der Waals surface area (Å²) in [6.07, 6.45) is 3.58. The lowest BCUT2D eigenvalue weighted by Gasteiger charge is -2.12. The van der Waals surface area contributed by atoms with E-state index in [1.165, 1.54) is 6.20 Å². The van der Waals surface area contributed by atoms with Gasteiger partial charge < -0.3 is 4.74 Å². The first-order valence-corrected chi connectivity index (χ1v) is 9.22. The number of hydrogen-bond donors (Lipinski definition) is 0. The number of esters is 1. The van der Waals surface area contributed by atoms with Crippen LogP contribution in [0.4, 0.5) is 0 Å². The third-order valence-corrected chi connectivity index (χ3v) is 5.00. The highest BCUT2D eigenvalue weighted by molar-refractivity contribution is 6.38. The van der Waals surface area contributed by atoms with Crippen molar-refractivity contribution in [2.24, 2.45) is 0 Å². The summed E-state index contributed by atoms with van der Waals surface area (Å²) in [5.74, 6) is -0.481. The third kappa shape index (κ3) is 3.84. The molecule has 2 atom stereocenters. The molecular weight excluding hydrogens is 373 g/mol. The summed E-state index contributed by atoms with van der Waals surface area (Å²) < 4.78 is 7.02. The van der Waals surface area contributed by atoms with Gasteiger partial charge in [0.05, 0.1) is 40.2 Å². The topological polar surface area (TPSA) is 57.0 Å². The fourth-order valence-corrected chi connectivity index (χ4v) is 3.06. The molecule has 0 aliphatic carbocycles. The van der Waals surface area contributed by atoms with E-state index in [0.29, 0.717) is 22.6 Å². The average Bonchev–Trinajstić information content (AvgIpc) is 3.06. The number of carbonyl (C=O) groups is 1. The van der Waals surface area contributed by atoms with Crippen molar-refractivity contribution in [2.75, 3.05) is 0 Å². The van der Waals surface area contributed by atoms with Crippen LogP contribution >= 0.6 is 23.2 Å². The van der Waals surface area contributed by atoms with Gasteiger partial charge in [-0.1, -0.05) is 48.9 Å². The highest BCUT2D eigenvalue weighted by Gasteiger charge is 2.20. The maximum atomic E-state index is 12.3. The number of alkyl halides is 1. The Morgan fingerprint density at radius 2 is 2.00 bits per heavy atom. The Balaban J connectivity index is 1.87. The van der Waals surface area contributed by atoms with Crippen LogP contribution in [-0.4, -0.2) is 26.8 Å². The molecule has 0 radical (unpaired) electrons. The molecule has 0 saturated carbocycles. The molecular formula is C19H19Cl2N3O2. The van der Waals surface area contributed by atoms with E-state index in [-0.39, 0.29) is 17.0 Å². The van der Waals surface area contributed by atoms with Crippen molar-refractivity contribution in [1.82, 2.24) is 14.8 Å². The summed E-state index contributed by atoms with van der Waals surface area (Å²) in [5.41, 5.74) is 1.82. The van der Waals surface area contributed by atoms with Gasteiger partial charge in [0.1, 0.15) is 0 Å². The Kier molecular flexibility index (Phi) is 5.79. The van der Waals surface area contributed by atoms with Gasteiger partial charge in [-0.15, -0.1) is 11.6 Å². The van der Waals surface area contributed by atoms with E-state index in [9.17, 15) is 4.79 Å². The van der Waals surface area contributed by atoms with Crippen LogP contribution in [0, 0.1) is 0 Å². The van der Waals surface area contributed by atoms with Gasteiger partial charge in [-0.25, -0.2) is 14.5 Å². The molecule has 2 aromatic heterocycles. The van der Waals surface area contributed by atoms with E-state index < -0.39 is 5.97 Å². The maximum Gasteiger partial charge on any atom is 0.341 e. The highest BCUT2D eigenvalue weighted by atomic mass is 35.5. The summed E-state index contributed by atoms with van der Waals surface area (Å²) >= 11 is 12.9. The minimum absolute atomic E-state index is 0.181. The van der Waals surface area contributed by atoms with E-state index in [4.69, 9.17) is 27.9 Å². The van der Waals surface area contributed by atoms with Gasteiger partial charge in [-0.2, -0.15) is 5.10 Å². The molecule has 0 bridgehead atoms. The first-order chi connectivity index (χ1) is 12.5. The predicted octanol–water partition coefficient (Wildman–Crippen LogP) is 5.02. The van der Waals surface area contributed by atoms with Crippen molar-refractivity contribution < 1.29 is 9.53 Å². The molecule has 3 aromatic rings. The normalized spacial score (nSPS) is 13.5. The Morgan fingerprint density at radius 1 is 1.27 bits per heavy atom. The van der Waals surface area contributed by atoms with Gasteiger partial charge in [0.15, 0.2) is 5.65 Å². The zero-order valence-corrected chi connectivity index (χ0v) is 16.0. The number of nitrogens with zero attached hydrogens (tertiary/aromatic N) is 3. The Labute approximate surface area is 161 Å². The molecule has 2 heterocycles. The smallest absolute Gasteiger partial charge is 0.341 e. The first-order valence-electron chi connectivity index (χ1n) is 8.41. The number of fused-ring (bicyclic) bond motifs is 1. The first kappa shape index (κ1) is 18.7. The molecule has 0 amide bonds. The van der Waals surface area contributed by atoms with Crippen molar-refractivity contribution in [1.29, 1.82) is 0 Å². The van der Waals surface area contributed by atoms with E-state index >= 15 is 0 Å². The Morgan fingerprint density at radius 3 is 2.69 bits per heavy atom. The van der Waals surface area contributed by atoms with Crippen LogP contribution in [0.5, 0.6) is 0 Å². The largest absolute Gasteiger partial charge is 0.459 e. The third-order valence-electron chi connectivity index (χ3n) is 4.20. The van der Waals surface area contributed by atoms with Crippen molar-refractivity contribution in [3.8, 4) is 0 Å². The molecule has 1 aromatic carbocycles. The van der Waals surface area contributed by atoms with Crippen LogP contribution in [-0.2, 0) is 11.3 Å². The van der Waals surface area contributed by atoms with Crippen molar-refractivity contribution in [3.63, 3.8) is 0 Å². The van der Waals surface area contributed by atoms with Crippen LogP contribution in [0.3, 0.4) is 0 Å². The van der Waals surface area contributed by atoms with Crippen LogP contribution in [0.2, 0.25) is 5.02 Å². The summed E-state index contributed by atoms with van der Waals surface area (Å²) in [6.45, 7) is 4.22. The van der Waals surface area contributed by atoms with E-state index in [1.54, 1.807) is 10.9 Å². The maximum absolute atomic E-state index is 12.3. The number of pyridine rings is 1. The quantitative estimate of drug-likeness (QED) is 0.437. The standard InChI is InChI=1S/C19H19Cl2N3O2/c1-3-12(2)26-19(25)15-9-22-18-14(17(15)21)10-23-24(18)11-16(20)13-7-5-4-6-8-13/h4-10,12,16H,3,11H2,1-2H3. The van der Waals surface area contributed by atoms with Crippen LogP contribution in [0.1, 0.15) is 41.6 Å². The molecule has 2 unspecified atom stereocenters. The number of aromatic nitrogens is 3. The molecule has 0 aliphatic heterocycles. The zero-order valence-electron chi connectivity index (χ0n) is 14.5. The predicted molar refractivity (Wildman–Crippen MR) is 103 cm³/mol. The van der Waals surface area contributed by atoms with E-state index in [2.05, 4.69) is 10.1 Å². The summed E-state index contributed by atoms with van der Waals surface area (Å²) in [6, 6.07) is 9.75. The molecule has 26 heavy (non-hydrogen) atoms. The second-order valence-electron chi connectivity index (χ2n) is 6.05.